The minimum absolute atomic E-state index is 0.0690. The molecular weight excluding hydrogens is 416 g/mol. The molecule has 0 aliphatic rings. The first kappa shape index (κ1) is 23.7. The van der Waals surface area contributed by atoms with Crippen molar-refractivity contribution in [2.75, 3.05) is 26.3 Å². The van der Waals surface area contributed by atoms with Gasteiger partial charge in [0.2, 0.25) is 0 Å². The van der Waals surface area contributed by atoms with Gasteiger partial charge in [-0.1, -0.05) is 54.6 Å². The maximum atomic E-state index is 13.7. The first-order chi connectivity index (χ1) is 15.5. The van der Waals surface area contributed by atoms with Crippen molar-refractivity contribution in [1.29, 1.82) is 0 Å². The number of para-hydroxylation sites is 2. The lowest BCUT2D eigenvalue weighted by Gasteiger charge is -2.27. The molecule has 0 unspecified atom stereocenters. The molecule has 0 fully saturated rings. The average Bonchev–Trinajstić information content (AvgIpc) is 2.78. The third-order valence-corrected chi connectivity index (χ3v) is 4.72. The molecule has 3 aromatic carbocycles. The molecule has 0 bridgehead atoms. The van der Waals surface area contributed by atoms with E-state index in [1.54, 1.807) is 24.3 Å². The predicted molar refractivity (Wildman–Crippen MR) is 118 cm³/mol. The van der Waals surface area contributed by atoms with Gasteiger partial charge in [-0.3, -0.25) is 4.90 Å². The molecule has 0 saturated heterocycles. The zero-order valence-electron chi connectivity index (χ0n) is 17.6. The van der Waals surface area contributed by atoms with Crippen LogP contribution >= 0.6 is 0 Å². The van der Waals surface area contributed by atoms with Crippen molar-refractivity contribution < 1.29 is 28.5 Å². The van der Waals surface area contributed by atoms with Crippen molar-refractivity contribution in [1.82, 2.24) is 4.90 Å². The van der Waals surface area contributed by atoms with Gasteiger partial charge in [0, 0.05) is 19.6 Å². The van der Waals surface area contributed by atoms with Gasteiger partial charge in [-0.15, -0.1) is 0 Å². The van der Waals surface area contributed by atoms with E-state index < -0.39 is 23.8 Å². The summed E-state index contributed by atoms with van der Waals surface area (Å²) >= 11 is 0. The fourth-order valence-electron chi connectivity index (χ4n) is 3.24. The molecule has 2 atom stereocenters. The molecule has 5 nitrogen and oxygen atoms in total. The van der Waals surface area contributed by atoms with Crippen LogP contribution in [0.5, 0.6) is 11.5 Å². The zero-order chi connectivity index (χ0) is 22.8. The highest BCUT2D eigenvalue weighted by Crippen LogP contribution is 2.17. The fourth-order valence-corrected chi connectivity index (χ4v) is 3.24. The Balaban J connectivity index is 1.57. The normalized spacial score (nSPS) is 13.0. The van der Waals surface area contributed by atoms with Crippen LogP contribution in [-0.2, 0) is 6.54 Å². The van der Waals surface area contributed by atoms with Crippen LogP contribution in [-0.4, -0.2) is 53.6 Å². The van der Waals surface area contributed by atoms with Crippen molar-refractivity contribution in [2.45, 2.75) is 18.8 Å². The molecule has 0 spiro atoms. The van der Waals surface area contributed by atoms with Crippen molar-refractivity contribution in [3.63, 3.8) is 0 Å². The first-order valence-electron chi connectivity index (χ1n) is 10.4. The lowest BCUT2D eigenvalue weighted by atomic mass is 10.2. The van der Waals surface area contributed by atoms with E-state index in [0.29, 0.717) is 6.54 Å². The summed E-state index contributed by atoms with van der Waals surface area (Å²) in [6, 6.07) is 21.6. The summed E-state index contributed by atoms with van der Waals surface area (Å²) in [4.78, 5) is 1.85. The number of nitrogens with zero attached hydrogens (tertiary/aromatic N) is 1. The Hall–Kier alpha value is -3.00. The zero-order valence-corrected chi connectivity index (χ0v) is 17.6. The molecule has 0 aliphatic heterocycles. The summed E-state index contributed by atoms with van der Waals surface area (Å²) in [5.74, 6) is -0.859. The number of aliphatic hydroxyl groups excluding tert-OH is 2. The van der Waals surface area contributed by atoms with Crippen LogP contribution in [0, 0.1) is 11.6 Å². The van der Waals surface area contributed by atoms with E-state index in [9.17, 15) is 19.0 Å². The molecule has 0 amide bonds. The molecular formula is C25H27F2NO4. The van der Waals surface area contributed by atoms with Crippen molar-refractivity contribution in [3.05, 3.63) is 96.1 Å². The Morgan fingerprint density at radius 3 is 1.56 bits per heavy atom. The molecule has 2 N–H and O–H groups in total. The Kier molecular flexibility index (Phi) is 8.98. The van der Waals surface area contributed by atoms with Gasteiger partial charge in [-0.2, -0.15) is 0 Å². The summed E-state index contributed by atoms with van der Waals surface area (Å²) in [6.07, 6.45) is -1.84. The lowest BCUT2D eigenvalue weighted by Crippen LogP contribution is -2.41. The van der Waals surface area contributed by atoms with Gasteiger partial charge in [0.25, 0.3) is 0 Å². The van der Waals surface area contributed by atoms with Gasteiger partial charge in [0.1, 0.15) is 25.4 Å². The maximum absolute atomic E-state index is 13.7. The summed E-state index contributed by atoms with van der Waals surface area (Å²) in [5.41, 5.74) is 0.997. The smallest absolute Gasteiger partial charge is 0.165 e. The molecule has 170 valence electrons. The predicted octanol–water partition coefficient (Wildman–Crippen LogP) is 3.65. The summed E-state index contributed by atoms with van der Waals surface area (Å²) < 4.78 is 38.2. The number of hydrogen-bond acceptors (Lipinski definition) is 5. The molecule has 0 heterocycles. The molecule has 32 heavy (non-hydrogen) atoms. The van der Waals surface area contributed by atoms with Crippen molar-refractivity contribution in [2.24, 2.45) is 0 Å². The monoisotopic (exact) mass is 443 g/mol. The number of hydrogen-bond donors (Lipinski definition) is 2. The van der Waals surface area contributed by atoms with E-state index in [0.717, 1.165) is 5.56 Å². The van der Waals surface area contributed by atoms with Gasteiger partial charge in [-0.25, -0.2) is 8.78 Å². The van der Waals surface area contributed by atoms with Gasteiger partial charge in [-0.05, 0) is 29.8 Å². The second kappa shape index (κ2) is 12.1. The largest absolute Gasteiger partial charge is 0.488 e. The molecule has 3 rings (SSSR count). The van der Waals surface area contributed by atoms with Gasteiger partial charge < -0.3 is 19.7 Å². The average molecular weight is 443 g/mol. The Morgan fingerprint density at radius 1 is 0.656 bits per heavy atom. The van der Waals surface area contributed by atoms with E-state index in [4.69, 9.17) is 9.47 Å². The van der Waals surface area contributed by atoms with E-state index in [1.807, 2.05) is 35.2 Å². The van der Waals surface area contributed by atoms with Crippen LogP contribution in [0.2, 0.25) is 0 Å². The summed E-state index contributed by atoms with van der Waals surface area (Å²) in [6.45, 7) is 0.622. The first-order valence-corrected chi connectivity index (χ1v) is 10.4. The van der Waals surface area contributed by atoms with E-state index in [-0.39, 0.29) is 37.8 Å². The fraction of sp³-hybridized carbons (Fsp3) is 0.280. The number of rotatable bonds is 12. The second-order valence-corrected chi connectivity index (χ2v) is 7.47. The van der Waals surface area contributed by atoms with Crippen LogP contribution < -0.4 is 9.47 Å². The summed E-state index contributed by atoms with van der Waals surface area (Å²) in [7, 11) is 0. The van der Waals surface area contributed by atoms with E-state index in [1.165, 1.54) is 24.3 Å². The molecule has 0 aromatic heterocycles. The van der Waals surface area contributed by atoms with Crippen LogP contribution in [0.15, 0.2) is 78.9 Å². The topological polar surface area (TPSA) is 62.2 Å². The van der Waals surface area contributed by atoms with Crippen LogP contribution in [0.25, 0.3) is 0 Å². The third kappa shape index (κ3) is 7.60. The highest BCUT2D eigenvalue weighted by atomic mass is 19.1. The molecule has 3 aromatic rings. The lowest BCUT2D eigenvalue weighted by molar-refractivity contribution is 0.0273. The van der Waals surface area contributed by atoms with Crippen molar-refractivity contribution in [3.8, 4) is 11.5 Å². The quantitative estimate of drug-likeness (QED) is 0.448. The van der Waals surface area contributed by atoms with Gasteiger partial charge in [0.05, 0.1) is 0 Å². The number of halogens is 2. The third-order valence-electron chi connectivity index (χ3n) is 4.72. The van der Waals surface area contributed by atoms with Gasteiger partial charge >= 0.3 is 0 Å². The second-order valence-electron chi connectivity index (χ2n) is 7.47. The number of ether oxygens (including phenoxy) is 2. The highest BCUT2D eigenvalue weighted by Gasteiger charge is 2.18. The Morgan fingerprint density at radius 2 is 1.09 bits per heavy atom. The van der Waals surface area contributed by atoms with Gasteiger partial charge in [0.15, 0.2) is 23.1 Å². The SMILES string of the molecule is O[C@H](COc1ccccc1F)CN(Cc1ccccc1)C[C@H](O)COc1ccccc1F. The highest BCUT2D eigenvalue weighted by molar-refractivity contribution is 5.24. The van der Waals surface area contributed by atoms with E-state index in [2.05, 4.69) is 0 Å². The Bertz CT molecular complexity index is 900. The number of aliphatic hydroxyl groups is 2. The maximum Gasteiger partial charge on any atom is 0.165 e. The minimum Gasteiger partial charge on any atom is -0.488 e. The van der Waals surface area contributed by atoms with Crippen LogP contribution in [0.4, 0.5) is 8.78 Å². The van der Waals surface area contributed by atoms with Crippen LogP contribution in [0.3, 0.4) is 0 Å². The van der Waals surface area contributed by atoms with E-state index >= 15 is 0 Å². The van der Waals surface area contributed by atoms with Crippen molar-refractivity contribution >= 4 is 0 Å². The molecule has 0 aliphatic carbocycles. The standard InChI is InChI=1S/C25H27F2NO4/c26-22-10-4-6-12-24(22)31-17-20(29)15-28(14-19-8-2-1-3-9-19)16-21(30)18-32-25-13-7-5-11-23(25)27/h1-13,20-21,29-30H,14-18H2/t20-,21-/m0/s1. The molecule has 7 heteroatoms. The summed E-state index contributed by atoms with van der Waals surface area (Å²) in [5, 5.41) is 20.9. The van der Waals surface area contributed by atoms with Crippen LogP contribution in [0.1, 0.15) is 5.56 Å². The minimum atomic E-state index is -0.919. The molecule has 0 radical (unpaired) electrons. The number of benzene rings is 3. The Labute approximate surface area is 186 Å². The molecule has 0 saturated carbocycles.